The molecule has 0 radical (unpaired) electrons. The largest absolute Gasteiger partial charge is 0.453 e. The minimum Gasteiger partial charge on any atom is -0.453 e. The molecule has 0 saturated heterocycles. The van der Waals surface area contributed by atoms with Gasteiger partial charge in [0.2, 0.25) is 5.91 Å². The molecule has 1 unspecified atom stereocenters. The third-order valence-electron chi connectivity index (χ3n) is 5.19. The van der Waals surface area contributed by atoms with Crippen LogP contribution in [0.5, 0.6) is 0 Å². The van der Waals surface area contributed by atoms with E-state index in [-0.39, 0.29) is 37.4 Å². The van der Waals surface area contributed by atoms with Gasteiger partial charge in [-0.25, -0.2) is 9.59 Å². The Morgan fingerprint density at radius 2 is 1.74 bits per heavy atom. The second-order valence-corrected chi connectivity index (χ2v) is 7.95. The molecule has 35 heavy (non-hydrogen) atoms. The van der Waals surface area contributed by atoms with Crippen molar-refractivity contribution in [1.82, 2.24) is 20.2 Å². The van der Waals surface area contributed by atoms with Crippen LogP contribution in [-0.4, -0.2) is 53.1 Å². The van der Waals surface area contributed by atoms with Gasteiger partial charge >= 0.3 is 17.7 Å². The number of anilines is 2. The second-order valence-electron chi connectivity index (χ2n) is 7.95. The summed E-state index contributed by atoms with van der Waals surface area (Å²) in [6.07, 6.45) is 1.74. The zero-order valence-corrected chi connectivity index (χ0v) is 20.8. The highest BCUT2D eigenvalue weighted by molar-refractivity contribution is 5.98. The van der Waals surface area contributed by atoms with E-state index in [0.717, 1.165) is 19.3 Å². The summed E-state index contributed by atoms with van der Waals surface area (Å²) in [5.74, 6) is -2.32. The van der Waals surface area contributed by atoms with E-state index in [1.165, 1.54) is 23.4 Å². The summed E-state index contributed by atoms with van der Waals surface area (Å²) in [6, 6.07) is -0.751. The number of nitrogen functional groups attached to an aromatic ring is 1. The number of carbonyl (C=O) groups is 4. The normalized spacial score (nSPS) is 11.4. The maximum atomic E-state index is 13.1. The molecule has 0 aliphatic heterocycles. The van der Waals surface area contributed by atoms with E-state index in [2.05, 4.69) is 10.3 Å². The van der Waals surface area contributed by atoms with E-state index < -0.39 is 41.2 Å². The van der Waals surface area contributed by atoms with Gasteiger partial charge in [0, 0.05) is 26.6 Å². The quantitative estimate of drug-likeness (QED) is 0.226. The Morgan fingerprint density at radius 3 is 2.34 bits per heavy atom. The monoisotopic (exact) mass is 496 g/mol. The number of aromatic amines is 1. The maximum Gasteiger partial charge on any atom is 0.330 e. The van der Waals surface area contributed by atoms with Crippen molar-refractivity contribution in [3.8, 4) is 0 Å². The molecule has 0 spiro atoms. The molecule has 13 heteroatoms. The van der Waals surface area contributed by atoms with E-state index in [9.17, 15) is 28.8 Å². The zero-order chi connectivity index (χ0) is 26.5. The molecule has 1 atom stereocenters. The number of ether oxygens (including phenoxy) is 1. The summed E-state index contributed by atoms with van der Waals surface area (Å²) in [4.78, 5) is 76.5. The Morgan fingerprint density at radius 1 is 1.09 bits per heavy atom. The van der Waals surface area contributed by atoms with Crippen LogP contribution < -0.4 is 32.5 Å². The summed E-state index contributed by atoms with van der Waals surface area (Å²) >= 11 is 0. The number of hydrogen-bond acceptors (Lipinski definition) is 8. The van der Waals surface area contributed by atoms with E-state index >= 15 is 0 Å². The number of unbranched alkanes of at least 4 members (excludes halogenated alkanes) is 3. The average Bonchev–Trinajstić information content (AvgIpc) is 2.81. The molecular weight excluding hydrogens is 460 g/mol. The fourth-order valence-electron chi connectivity index (χ4n) is 3.19. The number of hydrogen-bond donors (Lipinski definition) is 4. The van der Waals surface area contributed by atoms with Crippen LogP contribution >= 0.6 is 0 Å². The number of nitrogens with zero attached hydrogens (tertiary/aromatic N) is 2. The molecule has 0 aliphatic carbocycles. The van der Waals surface area contributed by atoms with Crippen molar-refractivity contribution in [2.75, 3.05) is 24.2 Å². The molecule has 0 saturated carbocycles. The number of H-pyrrole nitrogens is 1. The molecular formula is C22H36N6O7. The predicted molar refractivity (Wildman–Crippen MR) is 130 cm³/mol. The fourth-order valence-corrected chi connectivity index (χ4v) is 3.19. The molecule has 4 amide bonds. The van der Waals surface area contributed by atoms with Crippen molar-refractivity contribution in [2.24, 2.45) is 0 Å². The Labute approximate surface area is 203 Å². The minimum atomic E-state index is -1.25. The fraction of sp³-hybridized carbons (Fsp3) is 0.636. The smallest absolute Gasteiger partial charge is 0.330 e. The lowest BCUT2D eigenvalue weighted by Gasteiger charge is -2.24. The number of urea groups is 1. The summed E-state index contributed by atoms with van der Waals surface area (Å²) in [5, 5.41) is 4.18. The number of amides is 4. The number of esters is 1. The Balaban J connectivity index is 3.03. The van der Waals surface area contributed by atoms with E-state index in [1.54, 1.807) is 0 Å². The molecule has 1 aromatic rings. The zero-order valence-electron chi connectivity index (χ0n) is 20.8. The van der Waals surface area contributed by atoms with Crippen LogP contribution in [0.3, 0.4) is 0 Å². The van der Waals surface area contributed by atoms with Crippen molar-refractivity contribution in [2.45, 2.75) is 78.4 Å². The van der Waals surface area contributed by atoms with Gasteiger partial charge in [0.05, 0.1) is 6.42 Å². The number of nitrogens with two attached hydrogens (primary N) is 1. The number of imide groups is 1. The summed E-state index contributed by atoms with van der Waals surface area (Å²) in [7, 11) is 1.32. The SMILES string of the molecule is CCCCCN(C(=O)CCC(=O)OC(C)C(=O)NC(=O)NC)c1c(N)n(CCCC)c(=O)[nH]c1=O. The molecule has 1 heterocycles. The maximum absolute atomic E-state index is 13.1. The average molecular weight is 497 g/mol. The molecule has 196 valence electrons. The molecule has 13 nitrogen and oxygen atoms in total. The van der Waals surface area contributed by atoms with Crippen molar-refractivity contribution >= 4 is 35.3 Å². The lowest BCUT2D eigenvalue weighted by molar-refractivity contribution is -0.155. The topological polar surface area (TPSA) is 186 Å². The Hall–Kier alpha value is -3.64. The summed E-state index contributed by atoms with van der Waals surface area (Å²) < 4.78 is 6.20. The highest BCUT2D eigenvalue weighted by Crippen LogP contribution is 2.20. The second kappa shape index (κ2) is 14.6. The first-order valence-electron chi connectivity index (χ1n) is 11.7. The van der Waals surface area contributed by atoms with Gasteiger partial charge in [0.25, 0.3) is 11.5 Å². The van der Waals surface area contributed by atoms with Crippen LogP contribution in [-0.2, 0) is 25.7 Å². The van der Waals surface area contributed by atoms with E-state index in [4.69, 9.17) is 10.5 Å². The lowest BCUT2D eigenvalue weighted by Crippen LogP contribution is -2.43. The van der Waals surface area contributed by atoms with Gasteiger partial charge in [-0.2, -0.15) is 0 Å². The number of nitrogens with one attached hydrogen (secondary N) is 3. The van der Waals surface area contributed by atoms with Gasteiger partial charge in [-0.3, -0.25) is 34.0 Å². The lowest BCUT2D eigenvalue weighted by atomic mass is 10.2. The van der Waals surface area contributed by atoms with Crippen LogP contribution in [0.2, 0.25) is 0 Å². The number of rotatable bonds is 13. The van der Waals surface area contributed by atoms with Gasteiger partial charge in [0.15, 0.2) is 11.8 Å². The number of aromatic nitrogens is 2. The van der Waals surface area contributed by atoms with E-state index in [0.29, 0.717) is 12.8 Å². The highest BCUT2D eigenvalue weighted by Gasteiger charge is 2.25. The summed E-state index contributed by atoms with van der Waals surface area (Å²) in [5.41, 5.74) is 4.58. The summed E-state index contributed by atoms with van der Waals surface area (Å²) in [6.45, 7) is 5.66. The van der Waals surface area contributed by atoms with Crippen LogP contribution in [0.15, 0.2) is 9.59 Å². The van der Waals surface area contributed by atoms with Gasteiger partial charge in [-0.05, 0) is 19.8 Å². The molecule has 5 N–H and O–H groups in total. The Kier molecular flexibility index (Phi) is 12.2. The predicted octanol–water partition coefficient (Wildman–Crippen LogP) is 0.610. The first-order valence-corrected chi connectivity index (χ1v) is 11.7. The first kappa shape index (κ1) is 29.4. The molecule has 0 aliphatic rings. The minimum absolute atomic E-state index is 0.112. The van der Waals surface area contributed by atoms with Crippen LogP contribution in [0.4, 0.5) is 16.3 Å². The standard InChI is InChI=1S/C22H36N6O7/c1-5-7-9-13-27(17-18(23)28(12-8-6-2)22(34)26-20(17)32)15(29)10-11-16(30)35-14(3)19(31)25-21(33)24-4/h14H,5-13,23H2,1-4H3,(H,26,32,34)(H2,24,25,31,33). The Bertz CT molecular complexity index is 1020. The van der Waals surface area contributed by atoms with Crippen molar-refractivity contribution in [3.05, 3.63) is 20.8 Å². The van der Waals surface area contributed by atoms with Gasteiger partial charge in [-0.15, -0.1) is 0 Å². The molecule has 0 fully saturated rings. The first-order chi connectivity index (χ1) is 16.6. The highest BCUT2D eigenvalue weighted by atomic mass is 16.5. The molecule has 1 rings (SSSR count). The number of carbonyl (C=O) groups excluding carboxylic acids is 4. The third-order valence-corrected chi connectivity index (χ3v) is 5.19. The van der Waals surface area contributed by atoms with Crippen molar-refractivity contribution in [1.29, 1.82) is 0 Å². The molecule has 0 aromatic carbocycles. The molecule has 0 bridgehead atoms. The molecule has 1 aromatic heterocycles. The van der Waals surface area contributed by atoms with Crippen molar-refractivity contribution in [3.63, 3.8) is 0 Å². The van der Waals surface area contributed by atoms with E-state index in [1.807, 2.05) is 19.2 Å². The van der Waals surface area contributed by atoms with Gasteiger partial charge in [0.1, 0.15) is 5.82 Å². The van der Waals surface area contributed by atoms with Crippen LogP contribution in [0, 0.1) is 0 Å². The van der Waals surface area contributed by atoms with Crippen LogP contribution in [0.1, 0.15) is 65.7 Å². The van der Waals surface area contributed by atoms with Gasteiger partial charge in [-0.1, -0.05) is 33.1 Å². The van der Waals surface area contributed by atoms with Crippen molar-refractivity contribution < 1.29 is 23.9 Å². The van der Waals surface area contributed by atoms with Gasteiger partial charge < -0.3 is 20.7 Å². The third kappa shape index (κ3) is 8.91. The van der Waals surface area contributed by atoms with Crippen LogP contribution in [0.25, 0.3) is 0 Å².